The standard InChI is InChI=1S/C27H36N4O5/c1-17-5-6-26(11-18(17)2)36-25-7-9-31(10-8-25)16-24(34)15-28-27(35)21-12-22(29-19(3)32)14-23(13-21)30-20(4)33/h5-6,11-14,24-25,34H,7-10,15-16H2,1-4H3,(H,28,35)(H,29,32)(H,30,33)/t24-/m1/s1. The van der Waals surface area contributed by atoms with Crippen molar-refractivity contribution >= 4 is 29.1 Å². The molecule has 194 valence electrons. The summed E-state index contributed by atoms with van der Waals surface area (Å²) < 4.78 is 6.14. The van der Waals surface area contributed by atoms with Crippen molar-refractivity contribution in [2.45, 2.75) is 52.7 Å². The zero-order valence-electron chi connectivity index (χ0n) is 21.4. The molecule has 0 saturated carbocycles. The highest BCUT2D eigenvalue weighted by Gasteiger charge is 2.23. The van der Waals surface area contributed by atoms with Gasteiger partial charge in [0, 0.05) is 57.0 Å². The molecular formula is C27H36N4O5. The molecule has 0 aromatic heterocycles. The van der Waals surface area contributed by atoms with Gasteiger partial charge in [-0.25, -0.2) is 0 Å². The lowest BCUT2D eigenvalue weighted by atomic mass is 10.1. The van der Waals surface area contributed by atoms with E-state index in [-0.39, 0.29) is 30.0 Å². The van der Waals surface area contributed by atoms with E-state index in [0.29, 0.717) is 17.9 Å². The van der Waals surface area contributed by atoms with Crippen molar-refractivity contribution in [3.63, 3.8) is 0 Å². The number of benzene rings is 2. The van der Waals surface area contributed by atoms with Crippen molar-refractivity contribution < 1.29 is 24.2 Å². The summed E-state index contributed by atoms with van der Waals surface area (Å²) in [4.78, 5) is 37.7. The summed E-state index contributed by atoms with van der Waals surface area (Å²) in [5.41, 5.74) is 3.51. The Labute approximate surface area is 212 Å². The predicted molar refractivity (Wildman–Crippen MR) is 139 cm³/mol. The van der Waals surface area contributed by atoms with Crippen molar-refractivity contribution in [2.24, 2.45) is 0 Å². The Balaban J connectivity index is 1.47. The van der Waals surface area contributed by atoms with Crippen LogP contribution in [-0.4, -0.2) is 66.1 Å². The van der Waals surface area contributed by atoms with Gasteiger partial charge in [0.1, 0.15) is 11.9 Å². The van der Waals surface area contributed by atoms with Crippen LogP contribution in [0.15, 0.2) is 36.4 Å². The monoisotopic (exact) mass is 496 g/mol. The lowest BCUT2D eigenvalue weighted by molar-refractivity contribution is -0.115. The van der Waals surface area contributed by atoms with Crippen molar-refractivity contribution in [3.05, 3.63) is 53.1 Å². The minimum absolute atomic E-state index is 0.0811. The number of anilines is 2. The number of hydrogen-bond donors (Lipinski definition) is 4. The van der Waals surface area contributed by atoms with Crippen molar-refractivity contribution in [3.8, 4) is 5.75 Å². The van der Waals surface area contributed by atoms with E-state index in [4.69, 9.17) is 4.74 Å². The number of nitrogens with zero attached hydrogens (tertiary/aromatic N) is 1. The molecule has 1 aliphatic rings. The first-order chi connectivity index (χ1) is 17.1. The van der Waals surface area contributed by atoms with Crippen LogP contribution in [-0.2, 0) is 9.59 Å². The van der Waals surface area contributed by atoms with Gasteiger partial charge in [0.15, 0.2) is 0 Å². The first kappa shape index (κ1) is 27.2. The number of rotatable bonds is 9. The molecule has 0 radical (unpaired) electrons. The van der Waals surface area contributed by atoms with Crippen LogP contribution < -0.4 is 20.7 Å². The number of β-amino-alcohol motifs (C(OH)–C–C–N with tert-alkyl or cyclic N) is 1. The SMILES string of the molecule is CC(=O)Nc1cc(NC(C)=O)cc(C(=O)NC[C@@H](O)CN2CCC(Oc3ccc(C)c(C)c3)CC2)c1. The molecule has 2 aromatic rings. The fraction of sp³-hybridized carbons (Fsp3) is 0.444. The molecule has 1 heterocycles. The van der Waals surface area contributed by atoms with Crippen molar-refractivity contribution in [1.82, 2.24) is 10.2 Å². The van der Waals surface area contributed by atoms with Crippen LogP contribution in [0.5, 0.6) is 5.75 Å². The summed E-state index contributed by atoms with van der Waals surface area (Å²) in [5.74, 6) is -0.100. The van der Waals surface area contributed by atoms with Gasteiger partial charge in [0.25, 0.3) is 5.91 Å². The van der Waals surface area contributed by atoms with E-state index < -0.39 is 12.0 Å². The maximum atomic E-state index is 12.7. The number of hydrogen-bond acceptors (Lipinski definition) is 6. The lowest BCUT2D eigenvalue weighted by Gasteiger charge is -2.33. The molecule has 3 amide bonds. The van der Waals surface area contributed by atoms with Crippen LogP contribution in [0.2, 0.25) is 0 Å². The highest BCUT2D eigenvalue weighted by Crippen LogP contribution is 2.22. The van der Waals surface area contributed by atoms with Gasteiger partial charge in [-0.1, -0.05) is 6.07 Å². The molecule has 9 heteroatoms. The zero-order valence-corrected chi connectivity index (χ0v) is 21.4. The molecule has 3 rings (SSSR count). The Morgan fingerprint density at radius 3 is 2.14 bits per heavy atom. The number of piperidine rings is 1. The predicted octanol–water partition coefficient (Wildman–Crippen LogP) is 2.85. The molecule has 1 aliphatic heterocycles. The van der Waals surface area contributed by atoms with Gasteiger partial charge in [0.05, 0.1) is 6.10 Å². The van der Waals surface area contributed by atoms with Crippen LogP contribution >= 0.6 is 0 Å². The Morgan fingerprint density at radius 1 is 0.972 bits per heavy atom. The van der Waals surface area contributed by atoms with E-state index >= 15 is 0 Å². The average Bonchev–Trinajstić information content (AvgIpc) is 2.80. The van der Waals surface area contributed by atoms with Crippen LogP contribution in [0.4, 0.5) is 11.4 Å². The van der Waals surface area contributed by atoms with E-state index in [1.807, 2.05) is 6.07 Å². The number of aliphatic hydroxyl groups is 1. The fourth-order valence-corrected chi connectivity index (χ4v) is 4.17. The quantitative estimate of drug-likeness (QED) is 0.424. The summed E-state index contributed by atoms with van der Waals surface area (Å²) >= 11 is 0. The number of ether oxygens (including phenoxy) is 1. The third-order valence-electron chi connectivity index (χ3n) is 6.12. The molecule has 1 saturated heterocycles. The average molecular weight is 497 g/mol. The van der Waals surface area contributed by atoms with Crippen LogP contribution in [0.25, 0.3) is 0 Å². The molecule has 1 fully saturated rings. The molecule has 0 aliphatic carbocycles. The van der Waals surface area contributed by atoms with E-state index in [0.717, 1.165) is 31.7 Å². The molecule has 36 heavy (non-hydrogen) atoms. The molecule has 1 atom stereocenters. The molecule has 4 N–H and O–H groups in total. The second kappa shape index (κ2) is 12.5. The Hall–Kier alpha value is -3.43. The van der Waals surface area contributed by atoms with Crippen molar-refractivity contribution in [2.75, 3.05) is 36.8 Å². The summed E-state index contributed by atoms with van der Waals surface area (Å²) in [7, 11) is 0. The van der Waals surface area contributed by atoms with Gasteiger partial charge in [-0.2, -0.15) is 0 Å². The maximum absolute atomic E-state index is 12.7. The Morgan fingerprint density at radius 2 is 1.58 bits per heavy atom. The summed E-state index contributed by atoms with van der Waals surface area (Å²) in [6, 6.07) is 10.8. The van der Waals surface area contributed by atoms with E-state index in [1.54, 1.807) is 6.07 Å². The smallest absolute Gasteiger partial charge is 0.251 e. The summed E-state index contributed by atoms with van der Waals surface area (Å²) in [5, 5.41) is 18.5. The number of aryl methyl sites for hydroxylation is 2. The van der Waals surface area contributed by atoms with Gasteiger partial charge in [-0.15, -0.1) is 0 Å². The molecule has 9 nitrogen and oxygen atoms in total. The molecule has 0 bridgehead atoms. The number of nitrogens with one attached hydrogen (secondary N) is 3. The van der Waals surface area contributed by atoms with Crippen LogP contribution in [0.3, 0.4) is 0 Å². The number of aliphatic hydroxyl groups excluding tert-OH is 1. The molecule has 0 spiro atoms. The van der Waals surface area contributed by atoms with E-state index in [9.17, 15) is 19.5 Å². The van der Waals surface area contributed by atoms with Crippen LogP contribution in [0, 0.1) is 13.8 Å². The minimum Gasteiger partial charge on any atom is -0.490 e. The summed E-state index contributed by atoms with van der Waals surface area (Å²) in [6.45, 7) is 9.01. The van der Waals surface area contributed by atoms with E-state index in [1.165, 1.54) is 37.1 Å². The normalized spacial score (nSPS) is 15.1. The first-order valence-electron chi connectivity index (χ1n) is 12.2. The van der Waals surface area contributed by atoms with Gasteiger partial charge in [0.2, 0.25) is 11.8 Å². The Kier molecular flexibility index (Phi) is 9.44. The number of carbonyl (C=O) groups is 3. The van der Waals surface area contributed by atoms with Gasteiger partial charge in [-0.3, -0.25) is 14.4 Å². The Bertz CT molecular complexity index is 1060. The second-order valence-corrected chi connectivity index (χ2v) is 9.39. The largest absolute Gasteiger partial charge is 0.490 e. The zero-order chi connectivity index (χ0) is 26.2. The van der Waals surface area contributed by atoms with Crippen LogP contribution in [0.1, 0.15) is 48.2 Å². The third kappa shape index (κ3) is 8.35. The highest BCUT2D eigenvalue weighted by molar-refractivity contribution is 5.99. The maximum Gasteiger partial charge on any atom is 0.251 e. The first-order valence-corrected chi connectivity index (χ1v) is 12.2. The minimum atomic E-state index is -0.737. The van der Waals surface area contributed by atoms with Gasteiger partial charge < -0.3 is 30.7 Å². The van der Waals surface area contributed by atoms with Gasteiger partial charge >= 0.3 is 0 Å². The number of carbonyl (C=O) groups excluding carboxylic acids is 3. The number of likely N-dealkylation sites (tertiary alicyclic amines) is 1. The fourth-order valence-electron chi connectivity index (χ4n) is 4.17. The second-order valence-electron chi connectivity index (χ2n) is 9.39. The number of amides is 3. The lowest BCUT2D eigenvalue weighted by Crippen LogP contribution is -2.45. The molecule has 2 aromatic carbocycles. The highest BCUT2D eigenvalue weighted by atomic mass is 16.5. The summed E-state index contributed by atoms with van der Waals surface area (Å²) in [6.07, 6.45) is 1.15. The molecular weight excluding hydrogens is 460 g/mol. The van der Waals surface area contributed by atoms with E-state index in [2.05, 4.69) is 46.8 Å². The molecule has 0 unspecified atom stereocenters. The van der Waals surface area contributed by atoms with Gasteiger partial charge in [-0.05, 0) is 68.1 Å². The van der Waals surface area contributed by atoms with Crippen molar-refractivity contribution in [1.29, 1.82) is 0 Å². The third-order valence-corrected chi connectivity index (χ3v) is 6.12. The topological polar surface area (TPSA) is 120 Å².